The van der Waals surface area contributed by atoms with Crippen LogP contribution < -0.4 is 10.7 Å². The third kappa shape index (κ3) is 4.38. The molecule has 1 fully saturated rings. The van der Waals surface area contributed by atoms with Crippen LogP contribution in [0.1, 0.15) is 35.8 Å². The van der Waals surface area contributed by atoms with E-state index in [9.17, 15) is 18.0 Å². The summed E-state index contributed by atoms with van der Waals surface area (Å²) in [5.74, 6) is -0.0508. The van der Waals surface area contributed by atoms with Crippen LogP contribution in [0.25, 0.3) is 10.9 Å². The molecule has 3 aromatic rings. The number of hydrogen-bond acceptors (Lipinski definition) is 5. The summed E-state index contributed by atoms with van der Waals surface area (Å²) in [5, 5.41) is 2.84. The maximum absolute atomic E-state index is 13.1. The number of amides is 1. The Bertz CT molecular complexity index is 1260. The quantitative estimate of drug-likeness (QED) is 0.632. The lowest BCUT2D eigenvalue weighted by Gasteiger charge is -2.29. The van der Waals surface area contributed by atoms with Gasteiger partial charge in [-0.25, -0.2) is 8.42 Å². The molecule has 0 radical (unpaired) electrons. The molecule has 1 aliphatic rings. The number of aromatic amines is 1. The van der Waals surface area contributed by atoms with Gasteiger partial charge in [-0.15, -0.1) is 0 Å². The van der Waals surface area contributed by atoms with E-state index in [4.69, 9.17) is 0 Å². The van der Waals surface area contributed by atoms with Crippen LogP contribution in [0.3, 0.4) is 0 Å². The van der Waals surface area contributed by atoms with Gasteiger partial charge in [-0.1, -0.05) is 13.0 Å². The van der Waals surface area contributed by atoms with Crippen molar-refractivity contribution in [3.05, 3.63) is 70.3 Å². The Morgan fingerprint density at radius 2 is 2.00 bits per heavy atom. The molecule has 2 aromatic heterocycles. The summed E-state index contributed by atoms with van der Waals surface area (Å²) in [5.41, 5.74) is 0.538. The second kappa shape index (κ2) is 8.60. The minimum atomic E-state index is -3.70. The molecule has 1 aromatic carbocycles. The summed E-state index contributed by atoms with van der Waals surface area (Å²) in [4.78, 5) is 32.6. The number of carbonyl (C=O) groups excluding carboxylic acids is 1. The van der Waals surface area contributed by atoms with Crippen LogP contribution in [-0.2, 0) is 16.6 Å². The second-order valence-corrected chi connectivity index (χ2v) is 9.77. The van der Waals surface area contributed by atoms with Gasteiger partial charge in [0.25, 0.3) is 5.91 Å². The van der Waals surface area contributed by atoms with E-state index in [0.29, 0.717) is 30.2 Å². The molecular formula is C22H24N4O4S. The summed E-state index contributed by atoms with van der Waals surface area (Å²) in [6, 6.07) is 9.76. The maximum Gasteiger partial charge on any atom is 0.257 e. The van der Waals surface area contributed by atoms with E-state index in [1.54, 1.807) is 24.4 Å². The fourth-order valence-electron chi connectivity index (χ4n) is 3.67. The first-order valence-corrected chi connectivity index (χ1v) is 11.6. The van der Waals surface area contributed by atoms with E-state index in [-0.39, 0.29) is 22.4 Å². The number of rotatable bonds is 5. The van der Waals surface area contributed by atoms with Crippen LogP contribution in [0.2, 0.25) is 0 Å². The van der Waals surface area contributed by atoms with Gasteiger partial charge in [0.2, 0.25) is 15.5 Å². The predicted molar refractivity (Wildman–Crippen MR) is 117 cm³/mol. The van der Waals surface area contributed by atoms with Crippen molar-refractivity contribution >= 4 is 26.8 Å². The molecule has 0 bridgehead atoms. The maximum atomic E-state index is 13.1. The van der Waals surface area contributed by atoms with E-state index in [2.05, 4.69) is 22.2 Å². The highest BCUT2D eigenvalue weighted by Crippen LogP contribution is 2.24. The Morgan fingerprint density at radius 3 is 2.71 bits per heavy atom. The fourth-order valence-corrected chi connectivity index (χ4v) is 5.17. The van der Waals surface area contributed by atoms with E-state index in [1.807, 2.05) is 6.07 Å². The van der Waals surface area contributed by atoms with Gasteiger partial charge in [0.1, 0.15) is 5.56 Å². The largest absolute Gasteiger partial charge is 0.360 e. The summed E-state index contributed by atoms with van der Waals surface area (Å²) >= 11 is 0. The molecule has 0 aliphatic carbocycles. The molecule has 1 aliphatic heterocycles. The summed E-state index contributed by atoms with van der Waals surface area (Å²) in [6.07, 6.45) is 4.59. The molecule has 0 spiro atoms. The molecule has 1 amide bonds. The van der Waals surface area contributed by atoms with Crippen LogP contribution in [0, 0.1) is 5.92 Å². The van der Waals surface area contributed by atoms with Crippen LogP contribution >= 0.6 is 0 Å². The van der Waals surface area contributed by atoms with E-state index < -0.39 is 21.4 Å². The van der Waals surface area contributed by atoms with Crippen LogP contribution in [0.15, 0.2) is 58.5 Å². The molecule has 1 saturated heterocycles. The van der Waals surface area contributed by atoms with Gasteiger partial charge in [-0.3, -0.25) is 14.6 Å². The number of nitrogens with zero attached hydrogens (tertiary/aromatic N) is 2. The normalized spacial score (nSPS) is 15.8. The Kier molecular flexibility index (Phi) is 5.88. The average Bonchev–Trinajstić information content (AvgIpc) is 2.78. The third-order valence-corrected chi connectivity index (χ3v) is 7.53. The van der Waals surface area contributed by atoms with Crippen molar-refractivity contribution in [2.24, 2.45) is 5.92 Å². The van der Waals surface area contributed by atoms with Gasteiger partial charge in [0.15, 0.2) is 0 Å². The number of benzene rings is 1. The number of piperidine rings is 1. The van der Waals surface area contributed by atoms with Gasteiger partial charge in [-0.05, 0) is 49.1 Å². The van der Waals surface area contributed by atoms with Gasteiger partial charge in [0, 0.05) is 36.4 Å². The molecule has 0 atom stereocenters. The lowest BCUT2D eigenvalue weighted by atomic mass is 10.0. The van der Waals surface area contributed by atoms with Crippen LogP contribution in [0.5, 0.6) is 0 Å². The minimum absolute atomic E-state index is 0.0612. The number of nitrogens with one attached hydrogen (secondary N) is 2. The first-order valence-electron chi connectivity index (χ1n) is 10.2. The zero-order chi connectivity index (χ0) is 22.0. The molecule has 162 valence electrons. The lowest BCUT2D eigenvalue weighted by molar-refractivity contribution is 0.0949. The number of aromatic nitrogens is 2. The lowest BCUT2D eigenvalue weighted by Crippen LogP contribution is -2.37. The van der Waals surface area contributed by atoms with E-state index in [1.165, 1.54) is 22.6 Å². The van der Waals surface area contributed by atoms with Crippen molar-refractivity contribution in [2.45, 2.75) is 31.2 Å². The Morgan fingerprint density at radius 1 is 1.23 bits per heavy atom. The van der Waals surface area contributed by atoms with E-state index in [0.717, 1.165) is 12.8 Å². The molecule has 31 heavy (non-hydrogen) atoms. The molecule has 0 unspecified atom stereocenters. The van der Waals surface area contributed by atoms with Gasteiger partial charge < -0.3 is 10.3 Å². The highest BCUT2D eigenvalue weighted by molar-refractivity contribution is 7.89. The zero-order valence-electron chi connectivity index (χ0n) is 17.2. The summed E-state index contributed by atoms with van der Waals surface area (Å²) in [6.45, 7) is 3.22. The van der Waals surface area contributed by atoms with Crippen molar-refractivity contribution in [3.63, 3.8) is 0 Å². The monoisotopic (exact) mass is 440 g/mol. The third-order valence-electron chi connectivity index (χ3n) is 5.63. The number of carbonyl (C=O) groups is 1. The molecule has 2 N–H and O–H groups in total. The fraction of sp³-hybridized carbons (Fsp3) is 0.318. The Balaban J connectivity index is 1.62. The standard InChI is InChI=1S/C22H24N4O4S/c1-15-7-10-26(11-8-15)31(29,30)17-5-6-20-18(12-17)21(27)19(14-24-20)22(28)25-13-16-4-2-3-9-23-16/h2-6,9,12,14-15H,7-8,10-11,13H2,1H3,(H,24,27)(H,25,28). The number of sulfonamides is 1. The second-order valence-electron chi connectivity index (χ2n) is 7.83. The molecule has 8 nitrogen and oxygen atoms in total. The highest BCUT2D eigenvalue weighted by atomic mass is 32.2. The average molecular weight is 441 g/mol. The van der Waals surface area contributed by atoms with Gasteiger partial charge in [-0.2, -0.15) is 4.31 Å². The van der Waals surface area contributed by atoms with Gasteiger partial charge in [0.05, 0.1) is 17.1 Å². The molecular weight excluding hydrogens is 416 g/mol. The Hall–Kier alpha value is -3.04. The topological polar surface area (TPSA) is 112 Å². The number of pyridine rings is 2. The van der Waals surface area contributed by atoms with Gasteiger partial charge >= 0.3 is 0 Å². The van der Waals surface area contributed by atoms with Crippen LogP contribution in [0.4, 0.5) is 0 Å². The first-order chi connectivity index (χ1) is 14.9. The van der Waals surface area contributed by atoms with Crippen molar-refractivity contribution < 1.29 is 13.2 Å². The van der Waals surface area contributed by atoms with Crippen LogP contribution in [-0.4, -0.2) is 41.7 Å². The smallest absolute Gasteiger partial charge is 0.257 e. The highest BCUT2D eigenvalue weighted by Gasteiger charge is 2.28. The van der Waals surface area contributed by atoms with Crippen molar-refractivity contribution in [1.82, 2.24) is 19.6 Å². The number of H-pyrrole nitrogens is 1. The van der Waals surface area contributed by atoms with Crippen molar-refractivity contribution in [2.75, 3.05) is 13.1 Å². The van der Waals surface area contributed by atoms with Crippen molar-refractivity contribution in [1.29, 1.82) is 0 Å². The zero-order valence-corrected chi connectivity index (χ0v) is 18.0. The number of hydrogen-bond donors (Lipinski definition) is 2. The molecule has 3 heterocycles. The number of fused-ring (bicyclic) bond motifs is 1. The summed E-state index contributed by atoms with van der Waals surface area (Å²) < 4.78 is 27.6. The van der Waals surface area contributed by atoms with Crippen molar-refractivity contribution in [3.8, 4) is 0 Å². The predicted octanol–water partition coefficient (Wildman–Crippen LogP) is 2.27. The van der Waals surface area contributed by atoms with E-state index >= 15 is 0 Å². The minimum Gasteiger partial charge on any atom is -0.360 e. The first kappa shape index (κ1) is 21.2. The SMILES string of the molecule is CC1CCN(S(=O)(=O)c2ccc3[nH]cc(C(=O)NCc4ccccn4)c(=O)c3c2)CC1. The Labute approximate surface area is 180 Å². The molecule has 9 heteroatoms. The molecule has 4 rings (SSSR count). The summed E-state index contributed by atoms with van der Waals surface area (Å²) in [7, 11) is -3.70. The molecule has 0 saturated carbocycles.